The third kappa shape index (κ3) is 7.94. The maximum atomic E-state index is 11.7. The van der Waals surface area contributed by atoms with Crippen LogP contribution in [0.3, 0.4) is 0 Å². The van der Waals surface area contributed by atoms with Crippen molar-refractivity contribution in [2.75, 3.05) is 0 Å². The summed E-state index contributed by atoms with van der Waals surface area (Å²) in [5.41, 5.74) is 17.0. The van der Waals surface area contributed by atoms with Gasteiger partial charge in [0.15, 0.2) is 0 Å². The Morgan fingerprint density at radius 2 is 1.25 bits per heavy atom. The molecular formula is C54H44N3OPt-. The number of nitrogens with zero attached hydrogens (tertiary/aromatic N) is 3. The van der Waals surface area contributed by atoms with Crippen molar-refractivity contribution < 1.29 is 26.2 Å². The molecule has 0 atom stereocenters. The summed E-state index contributed by atoms with van der Waals surface area (Å²) in [6.45, 7) is 8.55. The molecule has 0 saturated heterocycles. The van der Waals surface area contributed by atoms with Gasteiger partial charge in [0.25, 0.3) is 0 Å². The van der Waals surface area contributed by atoms with Gasteiger partial charge in [0.2, 0.25) is 0 Å². The molecule has 0 amide bonds. The van der Waals surface area contributed by atoms with Gasteiger partial charge < -0.3 is 5.11 Å². The van der Waals surface area contributed by atoms with Crippen LogP contribution < -0.4 is 0 Å². The molecule has 0 bridgehead atoms. The first-order chi connectivity index (χ1) is 28.3. The molecule has 4 nitrogen and oxygen atoms in total. The van der Waals surface area contributed by atoms with E-state index in [1.54, 1.807) is 0 Å². The number of para-hydroxylation sites is 1. The fourth-order valence-electron chi connectivity index (χ4n) is 8.15. The molecule has 1 N–H and O–H groups in total. The Morgan fingerprint density at radius 1 is 0.593 bits per heavy atom. The molecule has 0 radical (unpaired) electrons. The minimum Gasteiger partial charge on any atom is -0.507 e. The smallest absolute Gasteiger partial charge is 0.148 e. The summed E-state index contributed by atoms with van der Waals surface area (Å²) >= 11 is 0. The van der Waals surface area contributed by atoms with Crippen molar-refractivity contribution in [2.45, 2.75) is 34.1 Å². The molecule has 292 valence electrons. The summed E-state index contributed by atoms with van der Waals surface area (Å²) in [7, 11) is 0. The minimum atomic E-state index is 0. The molecular weight excluding hydrogens is 902 g/mol. The molecule has 0 unspecified atom stereocenters. The van der Waals surface area contributed by atoms with E-state index < -0.39 is 0 Å². The number of imidazole rings is 1. The van der Waals surface area contributed by atoms with Gasteiger partial charge in [-0.25, -0.2) is 4.98 Å². The predicted octanol–water partition coefficient (Wildman–Crippen LogP) is 13.7. The molecule has 2 aromatic heterocycles. The van der Waals surface area contributed by atoms with Crippen molar-refractivity contribution in [3.63, 3.8) is 0 Å². The zero-order chi connectivity index (χ0) is 39.8. The number of phenols is 1. The third-order valence-electron chi connectivity index (χ3n) is 10.8. The molecule has 9 rings (SSSR count). The Labute approximate surface area is 361 Å². The fourth-order valence-corrected chi connectivity index (χ4v) is 8.15. The van der Waals surface area contributed by atoms with Crippen molar-refractivity contribution in [3.05, 3.63) is 193 Å². The molecule has 9 aromatic rings. The van der Waals surface area contributed by atoms with Gasteiger partial charge in [0.05, 0.1) is 16.6 Å². The van der Waals surface area contributed by atoms with Crippen molar-refractivity contribution in [3.8, 4) is 78.6 Å². The number of aromatic hydroxyl groups is 1. The quantitative estimate of drug-likeness (QED) is 0.147. The van der Waals surface area contributed by atoms with Crippen molar-refractivity contribution >= 4 is 11.0 Å². The number of pyridine rings is 1. The molecule has 2 heterocycles. The minimum absolute atomic E-state index is 0. The summed E-state index contributed by atoms with van der Waals surface area (Å²) in [5, 5.41) is 11.7. The number of benzene rings is 7. The van der Waals surface area contributed by atoms with Crippen LogP contribution in [0.2, 0.25) is 0 Å². The van der Waals surface area contributed by atoms with E-state index in [4.69, 9.17) is 9.97 Å². The Bertz CT molecular complexity index is 2920. The molecule has 0 aliphatic heterocycles. The molecule has 7 aromatic carbocycles. The average Bonchev–Trinajstić information content (AvgIpc) is 3.65. The number of hydrogen-bond donors (Lipinski definition) is 1. The summed E-state index contributed by atoms with van der Waals surface area (Å²) in [5.74, 6) is 1.37. The second-order valence-electron chi connectivity index (χ2n) is 15.6. The number of aromatic nitrogens is 3. The van der Waals surface area contributed by atoms with Crippen LogP contribution in [0.15, 0.2) is 170 Å². The first-order valence-corrected chi connectivity index (χ1v) is 20.0. The molecule has 5 heteroatoms. The largest absolute Gasteiger partial charge is 0.507 e. The molecule has 0 spiro atoms. The van der Waals surface area contributed by atoms with Gasteiger partial charge in [-0.2, -0.15) is 0 Å². The monoisotopic (exact) mass is 945 g/mol. The second-order valence-corrected chi connectivity index (χ2v) is 15.6. The molecule has 0 aliphatic carbocycles. The van der Waals surface area contributed by atoms with E-state index in [-0.39, 0.29) is 26.8 Å². The van der Waals surface area contributed by atoms with Gasteiger partial charge in [-0.1, -0.05) is 152 Å². The van der Waals surface area contributed by atoms with Gasteiger partial charge in [0.1, 0.15) is 11.6 Å². The fraction of sp³-hybridized carbons (Fsp3) is 0.111. The van der Waals surface area contributed by atoms with Crippen molar-refractivity contribution in [2.24, 2.45) is 5.92 Å². The number of rotatable bonds is 9. The van der Waals surface area contributed by atoms with Crippen LogP contribution >= 0.6 is 0 Å². The van der Waals surface area contributed by atoms with Gasteiger partial charge in [-0.05, 0) is 101 Å². The average molecular weight is 946 g/mol. The standard InChI is InChI=1S/C54H44N3O.Pt/c1-35(2)27-43-33-46(23-24-47(43)40-19-12-7-13-20-40)57-51-22-14-21-48(52(51)56-54(57)49-29-36(3)28-37(4)53(49)58)44-30-42(39-17-10-6-11-18-39)31-45(32-44)50-34-41(25-26-55-50)38-15-8-5-9-16-38;/h5-26,28-31,33-35,58H,27H2,1-4H3;/q-1;. The van der Waals surface area contributed by atoms with E-state index in [2.05, 4.69) is 171 Å². The molecule has 0 fully saturated rings. The molecule has 59 heavy (non-hydrogen) atoms. The van der Waals surface area contributed by atoms with Gasteiger partial charge >= 0.3 is 0 Å². The van der Waals surface area contributed by atoms with Crippen LogP contribution in [-0.4, -0.2) is 19.6 Å². The molecule has 0 saturated carbocycles. The SMILES string of the molecule is Cc1cc(C)c(O)c(-c2nc3c(-c4[c-]c(-c5cc(-c6ccccc6)ccn5)cc(-c5ccccc5)c4)cccc3n2-c2ccc(-c3ccccc3)c(CC(C)C)c2)c1.[Pt]. The van der Waals surface area contributed by atoms with Crippen LogP contribution in [0.1, 0.15) is 30.5 Å². The summed E-state index contributed by atoms with van der Waals surface area (Å²) in [6, 6.07) is 61.0. The van der Waals surface area contributed by atoms with Crippen LogP contribution in [0.4, 0.5) is 0 Å². The Hall–Kier alpha value is -6.35. The van der Waals surface area contributed by atoms with E-state index in [0.717, 1.165) is 78.9 Å². The predicted molar refractivity (Wildman–Crippen MR) is 240 cm³/mol. The second kappa shape index (κ2) is 16.9. The topological polar surface area (TPSA) is 50.9 Å². The number of phenolic OH excluding ortho intramolecular Hbond substituents is 1. The Morgan fingerprint density at radius 3 is 1.95 bits per heavy atom. The Balaban J connectivity index is 0.00000484. The van der Waals surface area contributed by atoms with Gasteiger partial charge in [-0.3, -0.25) is 9.55 Å². The third-order valence-corrected chi connectivity index (χ3v) is 10.8. The first kappa shape index (κ1) is 39.5. The van der Waals surface area contributed by atoms with E-state index in [1.807, 2.05) is 37.4 Å². The van der Waals surface area contributed by atoms with Crippen molar-refractivity contribution in [1.82, 2.24) is 14.5 Å². The summed E-state index contributed by atoms with van der Waals surface area (Å²) in [6.07, 6.45) is 2.80. The number of aryl methyl sites for hydroxylation is 2. The first-order valence-electron chi connectivity index (χ1n) is 20.0. The van der Waals surface area contributed by atoms with Gasteiger partial charge in [0, 0.05) is 38.6 Å². The van der Waals surface area contributed by atoms with Crippen LogP contribution in [0.25, 0.3) is 83.9 Å². The summed E-state index contributed by atoms with van der Waals surface area (Å²) < 4.78 is 2.22. The zero-order valence-electron chi connectivity index (χ0n) is 33.6. The zero-order valence-corrected chi connectivity index (χ0v) is 35.8. The molecule has 0 aliphatic rings. The maximum absolute atomic E-state index is 11.7. The maximum Gasteiger partial charge on any atom is 0.148 e. The van der Waals surface area contributed by atoms with E-state index in [1.165, 1.54) is 16.7 Å². The normalized spacial score (nSPS) is 11.2. The number of fused-ring (bicyclic) bond motifs is 1. The van der Waals surface area contributed by atoms with E-state index in [0.29, 0.717) is 17.3 Å². The van der Waals surface area contributed by atoms with Crippen LogP contribution in [-0.2, 0) is 27.5 Å². The summed E-state index contributed by atoms with van der Waals surface area (Å²) in [4.78, 5) is 10.3. The van der Waals surface area contributed by atoms with Crippen molar-refractivity contribution in [1.29, 1.82) is 0 Å². The van der Waals surface area contributed by atoms with E-state index >= 15 is 0 Å². The Kier molecular flexibility index (Phi) is 11.3. The number of hydrogen-bond acceptors (Lipinski definition) is 3. The van der Waals surface area contributed by atoms with Gasteiger partial charge in [-0.15, -0.1) is 23.8 Å². The van der Waals surface area contributed by atoms with E-state index in [9.17, 15) is 5.11 Å². The van der Waals surface area contributed by atoms with Crippen LogP contribution in [0, 0.1) is 25.8 Å². The van der Waals surface area contributed by atoms with Crippen LogP contribution in [0.5, 0.6) is 5.75 Å².